The monoisotopic (exact) mass is 407 g/mol. The van der Waals surface area contributed by atoms with Gasteiger partial charge in [-0.15, -0.1) is 0 Å². The summed E-state index contributed by atoms with van der Waals surface area (Å²) in [6.45, 7) is 9.05. The average molecular weight is 408 g/mol. The van der Waals surface area contributed by atoms with E-state index in [0.29, 0.717) is 18.1 Å². The third kappa shape index (κ3) is 7.04. The van der Waals surface area contributed by atoms with Crippen molar-refractivity contribution < 1.29 is 21.6 Å². The molecule has 0 radical (unpaired) electrons. The predicted molar refractivity (Wildman–Crippen MR) is 103 cm³/mol. The number of halogens is 3. The molecule has 9 heteroatoms. The lowest BCUT2D eigenvalue weighted by molar-refractivity contribution is -0.137. The Morgan fingerprint density at radius 3 is 2.37 bits per heavy atom. The molecule has 0 heterocycles. The molecule has 0 aliphatic rings. The lowest BCUT2D eigenvalue weighted by atomic mass is 10.1. The van der Waals surface area contributed by atoms with Gasteiger partial charge in [0.15, 0.2) is 15.8 Å². The summed E-state index contributed by atoms with van der Waals surface area (Å²) in [5.41, 5.74) is -0.260. The van der Waals surface area contributed by atoms with Crippen molar-refractivity contribution in [1.29, 1.82) is 0 Å². The molecule has 0 bridgehead atoms. The molecule has 5 nitrogen and oxygen atoms in total. The van der Waals surface area contributed by atoms with E-state index >= 15 is 0 Å². The van der Waals surface area contributed by atoms with E-state index in [0.717, 1.165) is 12.1 Å². The Morgan fingerprint density at radius 2 is 1.85 bits per heavy atom. The van der Waals surface area contributed by atoms with E-state index in [1.54, 1.807) is 33.8 Å². The van der Waals surface area contributed by atoms with Gasteiger partial charge in [-0.25, -0.2) is 8.42 Å². The molecule has 0 fully saturated rings. The standard InChI is InChI=1S/C18H28F3N3O2S/c1-6-22-16(23-10-11-27(25,26)17(3,4)5)24-13(2)14-8-7-9-15(12-14)18(19,20)21/h7-9,12-13H,6,10-11H2,1-5H3,(H2,22,23,24). The van der Waals surface area contributed by atoms with Gasteiger partial charge in [-0.1, -0.05) is 12.1 Å². The minimum Gasteiger partial charge on any atom is -0.357 e. The molecule has 0 amide bonds. The van der Waals surface area contributed by atoms with Crippen LogP contribution in [0.1, 0.15) is 51.8 Å². The molecule has 0 saturated carbocycles. The molecule has 1 aromatic rings. The van der Waals surface area contributed by atoms with Crippen LogP contribution in [0.5, 0.6) is 0 Å². The zero-order chi connectivity index (χ0) is 20.9. The topological polar surface area (TPSA) is 70.6 Å². The first-order chi connectivity index (χ1) is 12.3. The summed E-state index contributed by atoms with van der Waals surface area (Å²) in [5.74, 6) is 0.247. The minimum atomic E-state index is -4.41. The fourth-order valence-electron chi connectivity index (χ4n) is 2.18. The first kappa shape index (κ1) is 23.3. The molecule has 0 aromatic heterocycles. The van der Waals surface area contributed by atoms with Crippen LogP contribution in [-0.4, -0.2) is 38.0 Å². The Bertz CT molecular complexity index is 754. The largest absolute Gasteiger partial charge is 0.416 e. The van der Waals surface area contributed by atoms with Crippen LogP contribution in [-0.2, 0) is 16.0 Å². The van der Waals surface area contributed by atoms with Crippen LogP contribution >= 0.6 is 0 Å². The molecule has 2 N–H and O–H groups in total. The summed E-state index contributed by atoms with van der Waals surface area (Å²) in [6.07, 6.45) is -4.41. The highest BCUT2D eigenvalue weighted by Crippen LogP contribution is 2.30. The van der Waals surface area contributed by atoms with E-state index in [1.807, 2.05) is 6.92 Å². The number of alkyl halides is 3. The fourth-order valence-corrected chi connectivity index (χ4v) is 3.12. The fraction of sp³-hybridized carbons (Fsp3) is 0.611. The maximum Gasteiger partial charge on any atom is 0.416 e. The maximum absolute atomic E-state index is 12.9. The van der Waals surface area contributed by atoms with Crippen molar-refractivity contribution in [3.05, 3.63) is 35.4 Å². The van der Waals surface area contributed by atoms with Crippen molar-refractivity contribution >= 4 is 15.8 Å². The SMILES string of the molecule is CCNC(=NCCS(=O)(=O)C(C)(C)C)NC(C)c1cccc(C(F)(F)F)c1. The second kappa shape index (κ2) is 8.95. The zero-order valence-corrected chi connectivity index (χ0v) is 17.1. The Kier molecular flexibility index (Phi) is 7.71. The Hall–Kier alpha value is -1.77. The first-order valence-corrected chi connectivity index (χ1v) is 10.4. The van der Waals surface area contributed by atoms with E-state index < -0.39 is 32.4 Å². The summed E-state index contributed by atoms with van der Waals surface area (Å²) in [6, 6.07) is 4.62. The lowest BCUT2D eigenvalue weighted by Gasteiger charge is -2.20. The van der Waals surface area contributed by atoms with Crippen LogP contribution in [0.25, 0.3) is 0 Å². The van der Waals surface area contributed by atoms with E-state index in [4.69, 9.17) is 0 Å². The number of nitrogens with one attached hydrogen (secondary N) is 2. The molecule has 1 rings (SSSR count). The predicted octanol–water partition coefficient (Wildman–Crippen LogP) is 3.53. The van der Waals surface area contributed by atoms with E-state index in [2.05, 4.69) is 15.6 Å². The van der Waals surface area contributed by atoms with Gasteiger partial charge in [0, 0.05) is 6.54 Å². The van der Waals surface area contributed by atoms with Gasteiger partial charge < -0.3 is 10.6 Å². The number of hydrogen-bond donors (Lipinski definition) is 2. The molecule has 27 heavy (non-hydrogen) atoms. The van der Waals surface area contributed by atoms with Crippen LogP contribution in [0.2, 0.25) is 0 Å². The van der Waals surface area contributed by atoms with Gasteiger partial charge in [0.25, 0.3) is 0 Å². The normalized spacial score (nSPS) is 14.7. The van der Waals surface area contributed by atoms with Crippen molar-refractivity contribution in [2.45, 2.75) is 51.6 Å². The number of benzene rings is 1. The molecule has 0 aliphatic heterocycles. The van der Waals surface area contributed by atoms with Gasteiger partial charge in [-0.2, -0.15) is 13.2 Å². The first-order valence-electron chi connectivity index (χ1n) is 8.72. The lowest BCUT2D eigenvalue weighted by Crippen LogP contribution is -2.39. The van der Waals surface area contributed by atoms with Gasteiger partial charge in [0.05, 0.1) is 28.6 Å². The maximum atomic E-state index is 12.9. The Balaban J connectivity index is 2.88. The molecule has 1 atom stereocenters. The molecular weight excluding hydrogens is 379 g/mol. The Morgan fingerprint density at radius 1 is 1.22 bits per heavy atom. The van der Waals surface area contributed by atoms with Crippen LogP contribution < -0.4 is 10.6 Å². The van der Waals surface area contributed by atoms with Gasteiger partial charge in [0.2, 0.25) is 0 Å². The van der Waals surface area contributed by atoms with Gasteiger partial charge in [-0.3, -0.25) is 4.99 Å². The van der Waals surface area contributed by atoms with Crippen LogP contribution in [0.3, 0.4) is 0 Å². The number of nitrogens with zero attached hydrogens (tertiary/aromatic N) is 1. The van der Waals surface area contributed by atoms with Crippen LogP contribution in [0.15, 0.2) is 29.3 Å². The zero-order valence-electron chi connectivity index (χ0n) is 16.3. The van der Waals surface area contributed by atoms with Crippen molar-refractivity contribution in [2.75, 3.05) is 18.8 Å². The molecule has 1 unspecified atom stereocenters. The number of aliphatic imine (C=N–C) groups is 1. The quantitative estimate of drug-likeness (QED) is 0.559. The van der Waals surface area contributed by atoms with Crippen LogP contribution in [0, 0.1) is 0 Å². The minimum absolute atomic E-state index is 0.0598. The molecular formula is C18H28F3N3O2S. The summed E-state index contributed by atoms with van der Waals surface area (Å²) >= 11 is 0. The Labute approximate surface area is 159 Å². The second-order valence-corrected chi connectivity index (χ2v) is 10.0. The van der Waals surface area contributed by atoms with Gasteiger partial charge in [0.1, 0.15) is 0 Å². The smallest absolute Gasteiger partial charge is 0.357 e. The van der Waals surface area contributed by atoms with Gasteiger partial charge in [-0.05, 0) is 52.3 Å². The number of sulfone groups is 1. The second-order valence-electron chi connectivity index (χ2n) is 7.18. The summed E-state index contributed by atoms with van der Waals surface area (Å²) in [5, 5.41) is 5.99. The third-order valence-corrected chi connectivity index (χ3v) is 6.56. The van der Waals surface area contributed by atoms with Crippen LogP contribution in [0.4, 0.5) is 13.2 Å². The van der Waals surface area contributed by atoms with Crippen molar-refractivity contribution in [3.63, 3.8) is 0 Å². The van der Waals surface area contributed by atoms with Crippen molar-refractivity contribution in [1.82, 2.24) is 10.6 Å². The molecule has 0 aliphatic carbocycles. The van der Waals surface area contributed by atoms with Crippen molar-refractivity contribution in [2.24, 2.45) is 4.99 Å². The molecule has 1 aromatic carbocycles. The summed E-state index contributed by atoms with van der Waals surface area (Å²) in [4.78, 5) is 4.24. The summed E-state index contributed by atoms with van der Waals surface area (Å²) < 4.78 is 62.1. The molecule has 0 saturated heterocycles. The number of rotatable bonds is 6. The van der Waals surface area contributed by atoms with E-state index in [1.165, 1.54) is 6.07 Å². The highest BCUT2D eigenvalue weighted by Gasteiger charge is 2.31. The molecule has 0 spiro atoms. The highest BCUT2D eigenvalue weighted by molar-refractivity contribution is 7.92. The highest BCUT2D eigenvalue weighted by atomic mass is 32.2. The third-order valence-electron chi connectivity index (χ3n) is 3.97. The van der Waals surface area contributed by atoms with Crippen molar-refractivity contribution in [3.8, 4) is 0 Å². The average Bonchev–Trinajstić information content (AvgIpc) is 2.53. The summed E-state index contributed by atoms with van der Waals surface area (Å²) in [7, 11) is -3.30. The molecule has 154 valence electrons. The van der Waals surface area contributed by atoms with Gasteiger partial charge >= 0.3 is 6.18 Å². The number of hydrogen-bond acceptors (Lipinski definition) is 3. The number of guanidine groups is 1. The van der Waals surface area contributed by atoms with E-state index in [-0.39, 0.29) is 12.3 Å². The van der Waals surface area contributed by atoms with E-state index in [9.17, 15) is 21.6 Å².